The lowest BCUT2D eigenvalue weighted by Crippen LogP contribution is -2.53. The van der Waals surface area contributed by atoms with Gasteiger partial charge < -0.3 is 11.1 Å². The number of carbonyl (C=O) groups excluding carboxylic acids is 1. The monoisotopic (exact) mass is 398 g/mol. The first kappa shape index (κ1) is 15.3. The van der Waals surface area contributed by atoms with Gasteiger partial charge in [0, 0.05) is 15.7 Å². The van der Waals surface area contributed by atoms with E-state index in [4.69, 9.17) is 5.73 Å². The van der Waals surface area contributed by atoms with Crippen molar-refractivity contribution in [2.75, 3.05) is 0 Å². The number of hydrogen-bond acceptors (Lipinski definition) is 2. The summed E-state index contributed by atoms with van der Waals surface area (Å²) in [5.74, 6) is 1.22. The van der Waals surface area contributed by atoms with Crippen LogP contribution in [-0.4, -0.2) is 18.0 Å². The molecule has 2 saturated carbocycles. The van der Waals surface area contributed by atoms with Crippen LogP contribution >= 0.6 is 22.6 Å². The van der Waals surface area contributed by atoms with Crippen molar-refractivity contribution in [3.05, 3.63) is 32.9 Å². The molecule has 3 rings (SSSR count). The molecule has 0 radical (unpaired) electrons. The second kappa shape index (κ2) is 6.24. The third kappa shape index (κ3) is 3.11. The SMILES string of the molecule is Cc1cccc(C(=O)NC2C3CCCC2CC(N)C3)c1I. The summed E-state index contributed by atoms with van der Waals surface area (Å²) in [6.45, 7) is 2.05. The minimum atomic E-state index is 0.0838. The van der Waals surface area contributed by atoms with Gasteiger partial charge in [0.15, 0.2) is 0 Å². The summed E-state index contributed by atoms with van der Waals surface area (Å²) in [6, 6.07) is 6.58. The average molecular weight is 398 g/mol. The zero-order valence-corrected chi connectivity index (χ0v) is 14.6. The molecule has 1 amide bonds. The minimum Gasteiger partial charge on any atom is -0.349 e. The van der Waals surface area contributed by atoms with E-state index in [-0.39, 0.29) is 5.91 Å². The summed E-state index contributed by atoms with van der Waals surface area (Å²) in [7, 11) is 0. The number of rotatable bonds is 2. The van der Waals surface area contributed by atoms with E-state index < -0.39 is 0 Å². The number of nitrogens with one attached hydrogen (secondary N) is 1. The van der Waals surface area contributed by atoms with E-state index in [2.05, 4.69) is 27.9 Å². The summed E-state index contributed by atoms with van der Waals surface area (Å²) in [6.07, 6.45) is 5.83. The van der Waals surface area contributed by atoms with Crippen molar-refractivity contribution < 1.29 is 4.79 Å². The van der Waals surface area contributed by atoms with Crippen molar-refractivity contribution in [2.45, 2.75) is 51.1 Å². The topological polar surface area (TPSA) is 55.1 Å². The molecule has 21 heavy (non-hydrogen) atoms. The molecule has 0 spiro atoms. The lowest BCUT2D eigenvalue weighted by atomic mass is 9.67. The van der Waals surface area contributed by atoms with Gasteiger partial charge in [-0.05, 0) is 78.7 Å². The third-order valence-electron chi connectivity index (χ3n) is 5.11. The first-order chi connectivity index (χ1) is 10.1. The van der Waals surface area contributed by atoms with Gasteiger partial charge in [0.25, 0.3) is 5.91 Å². The Balaban J connectivity index is 1.77. The van der Waals surface area contributed by atoms with Gasteiger partial charge in [-0.3, -0.25) is 4.79 Å². The van der Waals surface area contributed by atoms with Crippen molar-refractivity contribution >= 4 is 28.5 Å². The predicted octanol–water partition coefficient (Wildman–Crippen LogP) is 3.24. The summed E-state index contributed by atoms with van der Waals surface area (Å²) in [5, 5.41) is 3.33. The van der Waals surface area contributed by atoms with Crippen molar-refractivity contribution in [1.82, 2.24) is 5.32 Å². The molecule has 0 saturated heterocycles. The largest absolute Gasteiger partial charge is 0.349 e. The van der Waals surface area contributed by atoms with Gasteiger partial charge in [-0.15, -0.1) is 0 Å². The van der Waals surface area contributed by atoms with Gasteiger partial charge in [0.2, 0.25) is 0 Å². The van der Waals surface area contributed by atoms with E-state index in [1.165, 1.54) is 19.3 Å². The third-order valence-corrected chi connectivity index (χ3v) is 6.54. The molecule has 1 aromatic carbocycles. The van der Waals surface area contributed by atoms with Crippen LogP contribution in [0.5, 0.6) is 0 Å². The van der Waals surface area contributed by atoms with Gasteiger partial charge in [0.1, 0.15) is 0 Å². The van der Waals surface area contributed by atoms with Crippen LogP contribution in [0, 0.1) is 22.3 Å². The highest BCUT2D eigenvalue weighted by Gasteiger charge is 2.40. The molecule has 2 fully saturated rings. The standard InChI is InChI=1S/C17H23IN2O/c1-10-4-2-7-14(15(10)18)17(21)20-16-11-5-3-6-12(16)9-13(19)8-11/h2,4,7,11-13,16H,3,5-6,8-9,19H2,1H3,(H,20,21). The summed E-state index contributed by atoms with van der Waals surface area (Å²) < 4.78 is 1.06. The van der Waals surface area contributed by atoms with Crippen LogP contribution in [0.15, 0.2) is 18.2 Å². The molecule has 0 heterocycles. The highest BCUT2D eigenvalue weighted by Crippen LogP contribution is 2.39. The maximum Gasteiger partial charge on any atom is 0.252 e. The van der Waals surface area contributed by atoms with Crippen LogP contribution in [0.3, 0.4) is 0 Å². The number of nitrogens with two attached hydrogens (primary N) is 1. The van der Waals surface area contributed by atoms with E-state index in [9.17, 15) is 4.79 Å². The van der Waals surface area contributed by atoms with Crippen LogP contribution in [0.2, 0.25) is 0 Å². The summed E-state index contributed by atoms with van der Waals surface area (Å²) >= 11 is 2.27. The molecule has 0 aromatic heterocycles. The molecular weight excluding hydrogens is 375 g/mol. The zero-order chi connectivity index (χ0) is 15.0. The maximum atomic E-state index is 12.7. The molecule has 2 atom stereocenters. The van der Waals surface area contributed by atoms with E-state index in [0.717, 1.165) is 27.5 Å². The van der Waals surface area contributed by atoms with Gasteiger partial charge in [0.05, 0.1) is 5.56 Å². The van der Waals surface area contributed by atoms with Crippen LogP contribution in [-0.2, 0) is 0 Å². The van der Waals surface area contributed by atoms with E-state index in [0.29, 0.717) is 23.9 Å². The molecule has 2 unspecified atom stereocenters. The van der Waals surface area contributed by atoms with E-state index in [1.807, 2.05) is 25.1 Å². The normalized spacial score (nSPS) is 31.8. The first-order valence-electron chi connectivity index (χ1n) is 7.88. The Kier molecular flexibility index (Phi) is 4.54. The molecule has 1 aromatic rings. The Morgan fingerprint density at radius 2 is 1.95 bits per heavy atom. The fourth-order valence-corrected chi connectivity index (χ4v) is 4.68. The Morgan fingerprint density at radius 1 is 1.29 bits per heavy atom. The van der Waals surface area contributed by atoms with Crippen molar-refractivity contribution in [3.8, 4) is 0 Å². The molecule has 2 bridgehead atoms. The van der Waals surface area contributed by atoms with Crippen LogP contribution < -0.4 is 11.1 Å². The number of aryl methyl sites for hydroxylation is 1. The lowest BCUT2D eigenvalue weighted by Gasteiger charge is -2.45. The number of hydrogen-bond donors (Lipinski definition) is 2. The molecule has 114 valence electrons. The van der Waals surface area contributed by atoms with Crippen molar-refractivity contribution in [2.24, 2.45) is 17.6 Å². The number of benzene rings is 1. The molecule has 4 heteroatoms. The molecular formula is C17H23IN2O. The fraction of sp³-hybridized carbons (Fsp3) is 0.588. The van der Waals surface area contributed by atoms with E-state index >= 15 is 0 Å². The van der Waals surface area contributed by atoms with Crippen LogP contribution in [0.25, 0.3) is 0 Å². The Morgan fingerprint density at radius 3 is 2.62 bits per heavy atom. The number of halogens is 1. The molecule has 3 nitrogen and oxygen atoms in total. The van der Waals surface area contributed by atoms with Gasteiger partial charge in [-0.1, -0.05) is 18.6 Å². The van der Waals surface area contributed by atoms with E-state index in [1.54, 1.807) is 0 Å². The Bertz CT molecular complexity index is 532. The average Bonchev–Trinajstić information content (AvgIpc) is 2.42. The van der Waals surface area contributed by atoms with Gasteiger partial charge >= 0.3 is 0 Å². The predicted molar refractivity (Wildman–Crippen MR) is 93.2 cm³/mol. The lowest BCUT2D eigenvalue weighted by molar-refractivity contribution is 0.0755. The number of fused-ring (bicyclic) bond motifs is 2. The molecule has 0 aliphatic heterocycles. The molecule has 3 N–H and O–H groups in total. The number of amides is 1. The first-order valence-corrected chi connectivity index (χ1v) is 8.95. The zero-order valence-electron chi connectivity index (χ0n) is 12.4. The fourth-order valence-electron chi connectivity index (χ4n) is 4.08. The second-order valence-corrected chi connectivity index (χ2v) is 7.70. The Labute approximate surface area is 140 Å². The highest BCUT2D eigenvalue weighted by molar-refractivity contribution is 14.1. The molecule has 2 aliphatic carbocycles. The maximum absolute atomic E-state index is 12.7. The second-order valence-electron chi connectivity index (χ2n) is 6.62. The van der Waals surface area contributed by atoms with Gasteiger partial charge in [-0.2, -0.15) is 0 Å². The number of carbonyl (C=O) groups is 1. The van der Waals surface area contributed by atoms with Gasteiger partial charge in [-0.25, -0.2) is 0 Å². The summed E-state index contributed by atoms with van der Waals surface area (Å²) in [5.41, 5.74) is 8.13. The smallest absolute Gasteiger partial charge is 0.252 e. The van der Waals surface area contributed by atoms with Crippen molar-refractivity contribution in [1.29, 1.82) is 0 Å². The van der Waals surface area contributed by atoms with Crippen LogP contribution in [0.1, 0.15) is 48.0 Å². The minimum absolute atomic E-state index is 0.0838. The van der Waals surface area contributed by atoms with Crippen molar-refractivity contribution in [3.63, 3.8) is 0 Å². The summed E-state index contributed by atoms with van der Waals surface area (Å²) in [4.78, 5) is 12.7. The Hall–Kier alpha value is -0.620. The van der Waals surface area contributed by atoms with Crippen LogP contribution in [0.4, 0.5) is 0 Å². The quantitative estimate of drug-likeness (QED) is 0.752. The molecule has 2 aliphatic rings. The highest BCUT2D eigenvalue weighted by atomic mass is 127.